The Morgan fingerprint density at radius 1 is 1.09 bits per heavy atom. The van der Waals surface area contributed by atoms with E-state index in [-0.39, 0.29) is 29.1 Å². The van der Waals surface area contributed by atoms with Crippen LogP contribution in [0.15, 0.2) is 53.3 Å². The molecule has 1 aliphatic rings. The fraction of sp³-hybridized carbons (Fsp3) is 0.423. The van der Waals surface area contributed by atoms with Crippen molar-refractivity contribution in [3.63, 3.8) is 0 Å². The smallest absolute Gasteiger partial charge is 0.274 e. The van der Waals surface area contributed by atoms with Crippen molar-refractivity contribution in [2.24, 2.45) is 5.92 Å². The van der Waals surface area contributed by atoms with Crippen LogP contribution in [0, 0.1) is 5.92 Å². The molecule has 0 saturated carbocycles. The van der Waals surface area contributed by atoms with Crippen molar-refractivity contribution >= 4 is 16.7 Å². The first-order chi connectivity index (χ1) is 16.0. The molecule has 1 atom stereocenters. The van der Waals surface area contributed by atoms with Crippen LogP contribution < -0.4 is 15.6 Å². The molecule has 0 radical (unpaired) electrons. The van der Waals surface area contributed by atoms with Crippen molar-refractivity contribution in [1.82, 2.24) is 20.0 Å². The maximum absolute atomic E-state index is 13.3. The van der Waals surface area contributed by atoms with Crippen LogP contribution in [0.5, 0.6) is 5.75 Å². The van der Waals surface area contributed by atoms with E-state index in [9.17, 15) is 9.59 Å². The highest BCUT2D eigenvalue weighted by atomic mass is 16.5. The predicted octanol–water partition coefficient (Wildman–Crippen LogP) is 3.63. The van der Waals surface area contributed by atoms with Gasteiger partial charge in [-0.3, -0.25) is 14.5 Å². The Morgan fingerprint density at radius 3 is 2.52 bits per heavy atom. The fourth-order valence-corrected chi connectivity index (χ4v) is 4.51. The van der Waals surface area contributed by atoms with Gasteiger partial charge in [0.25, 0.3) is 11.5 Å². The summed E-state index contributed by atoms with van der Waals surface area (Å²) in [5.41, 5.74) is 1.23. The molecule has 7 heteroatoms. The minimum Gasteiger partial charge on any atom is -0.497 e. The normalized spacial score (nSPS) is 15.2. The molecule has 4 rings (SSSR count). The number of benzene rings is 2. The summed E-state index contributed by atoms with van der Waals surface area (Å²) in [6, 6.07) is 15.3. The van der Waals surface area contributed by atoms with Crippen LogP contribution in [0.25, 0.3) is 10.8 Å². The number of aromatic nitrogens is 2. The molecule has 1 fully saturated rings. The van der Waals surface area contributed by atoms with Gasteiger partial charge in [-0.15, -0.1) is 0 Å². The number of hydrogen-bond donors (Lipinski definition) is 1. The van der Waals surface area contributed by atoms with Gasteiger partial charge in [-0.25, -0.2) is 4.68 Å². The number of hydrogen-bond acceptors (Lipinski definition) is 5. The number of fused-ring (bicyclic) bond motifs is 1. The second-order valence-corrected chi connectivity index (χ2v) is 9.02. The Morgan fingerprint density at radius 2 is 1.82 bits per heavy atom. The van der Waals surface area contributed by atoms with E-state index in [1.54, 1.807) is 19.2 Å². The summed E-state index contributed by atoms with van der Waals surface area (Å²) in [4.78, 5) is 28.6. The van der Waals surface area contributed by atoms with Gasteiger partial charge in [-0.1, -0.05) is 44.2 Å². The van der Waals surface area contributed by atoms with Gasteiger partial charge in [0, 0.05) is 18.5 Å². The number of carbonyl (C=O) groups excluding carboxylic acids is 1. The van der Waals surface area contributed by atoms with Gasteiger partial charge in [-0.2, -0.15) is 5.10 Å². The maximum atomic E-state index is 13.3. The van der Waals surface area contributed by atoms with E-state index in [1.165, 1.54) is 4.68 Å². The first kappa shape index (κ1) is 23.0. The first-order valence-corrected chi connectivity index (χ1v) is 11.6. The summed E-state index contributed by atoms with van der Waals surface area (Å²) in [6.07, 6.45) is 2.31. The fourth-order valence-electron chi connectivity index (χ4n) is 4.51. The van der Waals surface area contributed by atoms with Crippen LogP contribution in [-0.2, 0) is 6.54 Å². The quantitative estimate of drug-likeness (QED) is 0.570. The van der Waals surface area contributed by atoms with Gasteiger partial charge >= 0.3 is 0 Å². The summed E-state index contributed by atoms with van der Waals surface area (Å²) >= 11 is 0. The van der Waals surface area contributed by atoms with Crippen LogP contribution in [0.2, 0.25) is 0 Å². The SMILES string of the molecule is COc1cccc(C(CNC(=O)c2nn(CC(C)C)c(=O)c3ccccc23)N2CCCC2)c1. The third kappa shape index (κ3) is 5.09. The molecule has 0 aliphatic carbocycles. The molecule has 1 amide bonds. The Hall–Kier alpha value is -3.19. The van der Waals surface area contributed by atoms with Gasteiger partial charge in [0.15, 0.2) is 5.69 Å². The Bertz CT molecular complexity index is 1180. The molecule has 0 spiro atoms. The maximum Gasteiger partial charge on any atom is 0.274 e. The molecular formula is C26H32N4O3. The van der Waals surface area contributed by atoms with Crippen LogP contribution in [0.3, 0.4) is 0 Å². The number of methoxy groups -OCH3 is 1. The molecule has 1 aliphatic heterocycles. The summed E-state index contributed by atoms with van der Waals surface area (Å²) in [6.45, 7) is 6.96. The number of likely N-dealkylation sites (tertiary alicyclic amines) is 1. The van der Waals surface area contributed by atoms with Crippen LogP contribution >= 0.6 is 0 Å². The number of nitrogens with one attached hydrogen (secondary N) is 1. The van der Waals surface area contributed by atoms with Crippen molar-refractivity contribution in [3.05, 3.63) is 70.1 Å². The highest BCUT2D eigenvalue weighted by Crippen LogP contribution is 2.27. The zero-order valence-corrected chi connectivity index (χ0v) is 19.6. The number of rotatable bonds is 8. The van der Waals surface area contributed by atoms with Crippen LogP contribution in [-0.4, -0.2) is 47.3 Å². The van der Waals surface area contributed by atoms with E-state index in [0.717, 1.165) is 37.2 Å². The van der Waals surface area contributed by atoms with E-state index >= 15 is 0 Å². The standard InChI is InChI=1S/C26H32N4O3/c1-18(2)17-30-26(32)22-12-5-4-11-21(22)24(28-30)25(31)27-16-23(29-13-6-7-14-29)19-9-8-10-20(15-19)33-3/h4-5,8-12,15,18,23H,6-7,13-14,16-17H2,1-3H3,(H,27,31). The molecule has 3 aromatic rings. The number of amides is 1. The lowest BCUT2D eigenvalue weighted by atomic mass is 10.0. The van der Waals surface area contributed by atoms with Gasteiger partial charge in [-0.05, 0) is 55.6 Å². The molecule has 1 N–H and O–H groups in total. The second kappa shape index (κ2) is 10.2. The monoisotopic (exact) mass is 448 g/mol. The topological polar surface area (TPSA) is 76.5 Å². The van der Waals surface area contributed by atoms with E-state index in [2.05, 4.69) is 21.4 Å². The van der Waals surface area contributed by atoms with E-state index in [0.29, 0.717) is 23.9 Å². The number of ether oxygens (including phenoxy) is 1. The minimum atomic E-state index is -0.268. The Labute approximate surface area is 194 Å². The molecular weight excluding hydrogens is 416 g/mol. The first-order valence-electron chi connectivity index (χ1n) is 11.6. The lowest BCUT2D eigenvalue weighted by molar-refractivity contribution is 0.0932. The molecule has 33 heavy (non-hydrogen) atoms. The molecule has 0 bridgehead atoms. The Kier molecular flexibility index (Phi) is 7.08. The van der Waals surface area contributed by atoms with Crippen molar-refractivity contribution in [2.45, 2.75) is 39.3 Å². The molecule has 1 unspecified atom stereocenters. The number of nitrogens with zero attached hydrogens (tertiary/aromatic N) is 3. The van der Waals surface area contributed by atoms with Gasteiger partial charge in [0.1, 0.15) is 5.75 Å². The summed E-state index contributed by atoms with van der Waals surface area (Å²) < 4.78 is 6.84. The van der Waals surface area contributed by atoms with Crippen molar-refractivity contribution in [3.8, 4) is 5.75 Å². The average Bonchev–Trinajstić information content (AvgIpc) is 3.35. The van der Waals surface area contributed by atoms with Crippen LogP contribution in [0.1, 0.15) is 48.8 Å². The third-order valence-electron chi connectivity index (χ3n) is 6.14. The second-order valence-electron chi connectivity index (χ2n) is 9.02. The molecule has 7 nitrogen and oxygen atoms in total. The summed E-state index contributed by atoms with van der Waals surface area (Å²) in [5, 5.41) is 8.68. The minimum absolute atomic E-state index is 0.0411. The van der Waals surface area contributed by atoms with Gasteiger partial charge in [0.05, 0.1) is 18.5 Å². The molecule has 174 valence electrons. The van der Waals surface area contributed by atoms with E-state index in [4.69, 9.17) is 4.74 Å². The van der Waals surface area contributed by atoms with E-state index in [1.807, 2.05) is 44.2 Å². The third-order valence-corrected chi connectivity index (χ3v) is 6.14. The highest BCUT2D eigenvalue weighted by Gasteiger charge is 2.25. The van der Waals surface area contributed by atoms with Crippen molar-refractivity contribution in [2.75, 3.05) is 26.7 Å². The van der Waals surface area contributed by atoms with Crippen molar-refractivity contribution in [1.29, 1.82) is 0 Å². The lowest BCUT2D eigenvalue weighted by Crippen LogP contribution is -2.38. The van der Waals surface area contributed by atoms with Gasteiger partial charge in [0.2, 0.25) is 0 Å². The largest absolute Gasteiger partial charge is 0.497 e. The molecule has 2 aromatic carbocycles. The van der Waals surface area contributed by atoms with E-state index < -0.39 is 0 Å². The zero-order valence-electron chi connectivity index (χ0n) is 19.6. The zero-order chi connectivity index (χ0) is 23.4. The molecule has 1 saturated heterocycles. The Balaban J connectivity index is 1.63. The van der Waals surface area contributed by atoms with Gasteiger partial charge < -0.3 is 10.1 Å². The average molecular weight is 449 g/mol. The lowest BCUT2D eigenvalue weighted by Gasteiger charge is -2.28. The molecule has 2 heterocycles. The van der Waals surface area contributed by atoms with Crippen LogP contribution in [0.4, 0.5) is 0 Å². The number of carbonyl (C=O) groups is 1. The summed E-state index contributed by atoms with van der Waals surface area (Å²) in [7, 11) is 1.66. The molecule has 1 aromatic heterocycles. The summed E-state index contributed by atoms with van der Waals surface area (Å²) in [5.74, 6) is 0.770. The highest BCUT2D eigenvalue weighted by molar-refractivity contribution is 6.04. The predicted molar refractivity (Wildman–Crippen MR) is 130 cm³/mol. The van der Waals surface area contributed by atoms with Crippen molar-refractivity contribution < 1.29 is 9.53 Å².